The normalized spacial score (nSPS) is 12.0. The number of rotatable bonds is 10. The highest BCUT2D eigenvalue weighted by atomic mass is 32.1. The molecule has 0 saturated carbocycles. The van der Waals surface area contributed by atoms with Crippen LogP contribution >= 0.6 is 11.3 Å². The van der Waals surface area contributed by atoms with Crippen LogP contribution in [-0.2, 0) is 21.4 Å². The molecule has 116 valence electrons. The number of nitrogens with one attached hydrogen (secondary N) is 1. The van der Waals surface area contributed by atoms with Gasteiger partial charge in [-0.3, -0.25) is 0 Å². The fourth-order valence-corrected chi connectivity index (χ4v) is 2.55. The van der Waals surface area contributed by atoms with Crippen LogP contribution in [0, 0.1) is 0 Å². The van der Waals surface area contributed by atoms with Crippen molar-refractivity contribution in [2.45, 2.75) is 45.6 Å². The first kappa shape index (κ1) is 17.6. The number of unbranched alkanes of at least 4 members (excludes halogenated alkanes) is 1. The van der Waals surface area contributed by atoms with Crippen molar-refractivity contribution in [1.29, 1.82) is 0 Å². The molecule has 0 saturated heterocycles. The molecule has 1 rings (SSSR count). The zero-order chi connectivity index (χ0) is 14.8. The quantitative estimate of drug-likeness (QED) is 0.675. The highest BCUT2D eigenvalue weighted by Gasteiger charge is 2.17. The van der Waals surface area contributed by atoms with Gasteiger partial charge >= 0.3 is 0 Å². The van der Waals surface area contributed by atoms with Crippen LogP contribution in [0.2, 0.25) is 0 Å². The number of hydrogen-bond acceptors (Lipinski definition) is 5. The minimum absolute atomic E-state index is 0.155. The minimum Gasteiger partial charge on any atom is -0.382 e. The number of nitrogens with zero attached hydrogens (tertiary/aromatic N) is 1. The van der Waals surface area contributed by atoms with Crippen molar-refractivity contribution in [3.05, 3.63) is 16.1 Å². The molecule has 20 heavy (non-hydrogen) atoms. The summed E-state index contributed by atoms with van der Waals surface area (Å²) in [5.41, 5.74) is 1.30. The van der Waals surface area contributed by atoms with E-state index in [1.165, 1.54) is 5.01 Å². The second-order valence-electron chi connectivity index (χ2n) is 5.88. The standard InChI is InChI=1S/C15H28N2O2S/c1-15(2,3)14-17-13(12-20-14)11-16-7-5-6-8-19-10-9-18-4/h12,16H,5-11H2,1-4H3. The molecular formula is C15H28N2O2S. The van der Waals surface area contributed by atoms with E-state index in [2.05, 4.69) is 36.5 Å². The molecule has 0 aliphatic rings. The fraction of sp³-hybridized carbons (Fsp3) is 0.800. The van der Waals surface area contributed by atoms with Crippen LogP contribution in [0.4, 0.5) is 0 Å². The third kappa shape index (κ3) is 7.33. The topological polar surface area (TPSA) is 43.4 Å². The maximum absolute atomic E-state index is 5.42. The molecule has 0 unspecified atom stereocenters. The van der Waals surface area contributed by atoms with Gasteiger partial charge in [0.15, 0.2) is 0 Å². The van der Waals surface area contributed by atoms with Gasteiger partial charge in [-0.2, -0.15) is 0 Å². The molecule has 1 N–H and O–H groups in total. The van der Waals surface area contributed by atoms with Gasteiger partial charge in [-0.05, 0) is 19.4 Å². The monoisotopic (exact) mass is 300 g/mol. The lowest BCUT2D eigenvalue weighted by Gasteiger charge is -2.13. The lowest BCUT2D eigenvalue weighted by atomic mass is 9.98. The van der Waals surface area contributed by atoms with Crippen molar-refractivity contribution in [2.75, 3.05) is 33.5 Å². The van der Waals surface area contributed by atoms with E-state index in [1.807, 2.05) is 0 Å². The molecule has 0 aliphatic heterocycles. The van der Waals surface area contributed by atoms with Crippen molar-refractivity contribution in [1.82, 2.24) is 10.3 Å². The molecule has 4 nitrogen and oxygen atoms in total. The van der Waals surface area contributed by atoms with Crippen molar-refractivity contribution in [3.8, 4) is 0 Å². The third-order valence-corrected chi connectivity index (χ3v) is 4.14. The van der Waals surface area contributed by atoms with Crippen molar-refractivity contribution >= 4 is 11.3 Å². The predicted molar refractivity (Wildman–Crippen MR) is 84.4 cm³/mol. The van der Waals surface area contributed by atoms with Gasteiger partial charge in [0.1, 0.15) is 0 Å². The maximum Gasteiger partial charge on any atom is 0.0982 e. The van der Waals surface area contributed by atoms with Gasteiger partial charge < -0.3 is 14.8 Å². The summed E-state index contributed by atoms with van der Waals surface area (Å²) in [7, 11) is 1.69. The molecule has 0 aromatic carbocycles. The first-order valence-electron chi connectivity index (χ1n) is 7.26. The molecule has 1 aromatic rings. The summed E-state index contributed by atoms with van der Waals surface area (Å²) >= 11 is 1.75. The van der Waals surface area contributed by atoms with Crippen LogP contribution in [-0.4, -0.2) is 38.5 Å². The van der Waals surface area contributed by atoms with Crippen LogP contribution in [0.15, 0.2) is 5.38 Å². The number of aromatic nitrogens is 1. The Balaban J connectivity index is 2.03. The summed E-state index contributed by atoms with van der Waals surface area (Å²) < 4.78 is 10.3. The Kier molecular flexibility index (Phi) is 8.30. The van der Waals surface area contributed by atoms with Crippen LogP contribution in [0.1, 0.15) is 44.3 Å². The Hall–Kier alpha value is -0.490. The van der Waals surface area contributed by atoms with Crippen LogP contribution in [0.5, 0.6) is 0 Å². The van der Waals surface area contributed by atoms with Gasteiger partial charge in [0.05, 0.1) is 23.9 Å². The van der Waals surface area contributed by atoms with Crippen LogP contribution < -0.4 is 5.32 Å². The molecule has 0 radical (unpaired) electrons. The van der Waals surface area contributed by atoms with E-state index < -0.39 is 0 Å². The van der Waals surface area contributed by atoms with E-state index >= 15 is 0 Å². The van der Waals surface area contributed by atoms with Crippen LogP contribution in [0.25, 0.3) is 0 Å². The number of hydrogen-bond donors (Lipinski definition) is 1. The molecule has 0 fully saturated rings. The zero-order valence-electron chi connectivity index (χ0n) is 13.2. The Bertz CT molecular complexity index is 361. The summed E-state index contributed by atoms with van der Waals surface area (Å²) in [6, 6.07) is 0. The molecule has 1 aromatic heterocycles. The summed E-state index contributed by atoms with van der Waals surface area (Å²) in [4.78, 5) is 4.67. The largest absolute Gasteiger partial charge is 0.382 e. The molecule has 1 heterocycles. The van der Waals surface area contributed by atoms with E-state index in [1.54, 1.807) is 18.4 Å². The average Bonchev–Trinajstić information content (AvgIpc) is 2.85. The predicted octanol–water partition coefficient (Wildman–Crippen LogP) is 2.97. The average molecular weight is 300 g/mol. The van der Waals surface area contributed by atoms with Crippen LogP contribution in [0.3, 0.4) is 0 Å². The number of thiazole rings is 1. The Morgan fingerprint density at radius 3 is 2.65 bits per heavy atom. The Labute approximate surface area is 126 Å². The molecule has 0 bridgehead atoms. The second-order valence-corrected chi connectivity index (χ2v) is 6.74. The van der Waals surface area contributed by atoms with Gasteiger partial charge in [-0.25, -0.2) is 4.98 Å². The first-order valence-corrected chi connectivity index (χ1v) is 8.14. The summed E-state index contributed by atoms with van der Waals surface area (Å²) in [5, 5.41) is 6.80. The Morgan fingerprint density at radius 1 is 1.20 bits per heavy atom. The van der Waals surface area contributed by atoms with Gasteiger partial charge in [-0.1, -0.05) is 20.8 Å². The van der Waals surface area contributed by atoms with Gasteiger partial charge in [0, 0.05) is 31.1 Å². The second kappa shape index (κ2) is 9.45. The van der Waals surface area contributed by atoms with E-state index in [9.17, 15) is 0 Å². The lowest BCUT2D eigenvalue weighted by Crippen LogP contribution is -2.16. The van der Waals surface area contributed by atoms with Crippen molar-refractivity contribution in [2.24, 2.45) is 0 Å². The molecule has 0 spiro atoms. The van der Waals surface area contributed by atoms with Crippen molar-refractivity contribution < 1.29 is 9.47 Å². The summed E-state index contributed by atoms with van der Waals surface area (Å²) in [6.45, 7) is 10.7. The Morgan fingerprint density at radius 2 is 2.00 bits per heavy atom. The number of ether oxygens (including phenoxy) is 2. The lowest BCUT2D eigenvalue weighted by molar-refractivity contribution is 0.0688. The van der Waals surface area contributed by atoms with Gasteiger partial charge in [0.2, 0.25) is 0 Å². The van der Waals surface area contributed by atoms with E-state index in [-0.39, 0.29) is 5.41 Å². The zero-order valence-corrected chi connectivity index (χ0v) is 14.0. The summed E-state index contributed by atoms with van der Waals surface area (Å²) in [6.07, 6.45) is 2.21. The smallest absolute Gasteiger partial charge is 0.0982 e. The number of methoxy groups -OCH3 is 1. The molecule has 0 amide bonds. The fourth-order valence-electron chi connectivity index (χ4n) is 1.65. The highest BCUT2D eigenvalue weighted by Crippen LogP contribution is 2.25. The molecule has 0 atom stereocenters. The first-order chi connectivity index (χ1) is 9.54. The third-order valence-electron chi connectivity index (χ3n) is 2.82. The van der Waals surface area contributed by atoms with Gasteiger partial charge in [0.25, 0.3) is 0 Å². The molecular weight excluding hydrogens is 272 g/mol. The van der Waals surface area contributed by atoms with Gasteiger partial charge in [-0.15, -0.1) is 11.3 Å². The van der Waals surface area contributed by atoms with E-state index in [0.717, 1.165) is 38.2 Å². The summed E-state index contributed by atoms with van der Waals surface area (Å²) in [5.74, 6) is 0. The molecule has 5 heteroatoms. The van der Waals surface area contributed by atoms with E-state index in [4.69, 9.17) is 9.47 Å². The highest BCUT2D eigenvalue weighted by molar-refractivity contribution is 7.09. The van der Waals surface area contributed by atoms with E-state index in [0.29, 0.717) is 13.2 Å². The minimum atomic E-state index is 0.155. The van der Waals surface area contributed by atoms with Crippen molar-refractivity contribution in [3.63, 3.8) is 0 Å². The SMILES string of the molecule is COCCOCCCCNCc1csc(C(C)(C)C)n1. The maximum atomic E-state index is 5.42. The molecule has 0 aliphatic carbocycles.